The van der Waals surface area contributed by atoms with Gasteiger partial charge in [-0.15, -0.1) is 0 Å². The van der Waals surface area contributed by atoms with E-state index < -0.39 is 17.5 Å². The van der Waals surface area contributed by atoms with Gasteiger partial charge >= 0.3 is 0 Å². The van der Waals surface area contributed by atoms with E-state index in [4.69, 9.17) is 4.74 Å². The van der Waals surface area contributed by atoms with Crippen LogP contribution in [0.2, 0.25) is 0 Å². The maximum atomic E-state index is 14.9. The van der Waals surface area contributed by atoms with E-state index in [1.165, 1.54) is 70.3 Å². The van der Waals surface area contributed by atoms with E-state index >= 15 is 0 Å². The Balaban J connectivity index is 1.33. The first kappa shape index (κ1) is 25.4. The largest absolute Gasteiger partial charge is 0.491 e. The van der Waals surface area contributed by atoms with Gasteiger partial charge in [0.2, 0.25) is 0 Å². The molecule has 0 bridgehead atoms. The Morgan fingerprint density at radius 2 is 1.35 bits per heavy atom. The second kappa shape index (κ2) is 11.8. The summed E-state index contributed by atoms with van der Waals surface area (Å²) in [6.45, 7) is 4.55. The molecule has 1 nitrogen and oxygen atoms in total. The zero-order chi connectivity index (χ0) is 24.1. The minimum Gasteiger partial charge on any atom is -0.491 e. The molecule has 4 rings (SSSR count). The Labute approximate surface area is 203 Å². The first-order valence-corrected chi connectivity index (χ1v) is 13.7. The third-order valence-electron chi connectivity index (χ3n) is 8.59. The van der Waals surface area contributed by atoms with Gasteiger partial charge in [0.25, 0.3) is 0 Å². The molecule has 0 unspecified atom stereocenters. The zero-order valence-corrected chi connectivity index (χ0v) is 21.0. The summed E-state index contributed by atoms with van der Waals surface area (Å²) >= 11 is 0. The molecule has 0 saturated heterocycles. The van der Waals surface area contributed by atoms with Crippen LogP contribution in [-0.2, 0) is 6.42 Å². The lowest BCUT2D eigenvalue weighted by molar-refractivity contribution is 0.141. The Bertz CT molecular complexity index is 940. The van der Waals surface area contributed by atoms with Gasteiger partial charge in [-0.05, 0) is 91.7 Å². The van der Waals surface area contributed by atoms with Gasteiger partial charge in [0, 0.05) is 0 Å². The van der Waals surface area contributed by atoms with Crippen LogP contribution in [0.4, 0.5) is 13.2 Å². The quantitative estimate of drug-likeness (QED) is 0.352. The molecule has 0 radical (unpaired) electrons. The molecule has 0 heterocycles. The van der Waals surface area contributed by atoms with E-state index in [1.807, 2.05) is 6.92 Å². The van der Waals surface area contributed by atoms with Crippen LogP contribution in [-0.4, -0.2) is 6.61 Å². The second-order valence-electron chi connectivity index (χ2n) is 10.9. The van der Waals surface area contributed by atoms with Gasteiger partial charge in [0.1, 0.15) is 0 Å². The highest BCUT2D eigenvalue weighted by Crippen LogP contribution is 2.43. The number of aryl methyl sites for hydroxylation is 1. The molecule has 4 heteroatoms. The Kier molecular flexibility index (Phi) is 8.82. The van der Waals surface area contributed by atoms with E-state index in [1.54, 1.807) is 12.1 Å². The number of halogens is 3. The smallest absolute Gasteiger partial charge is 0.175 e. The average molecular weight is 475 g/mol. The summed E-state index contributed by atoms with van der Waals surface area (Å²) in [5, 5.41) is 0.0988. The molecule has 0 spiro atoms. The lowest BCUT2D eigenvalue weighted by atomic mass is 9.68. The van der Waals surface area contributed by atoms with Gasteiger partial charge in [-0.25, -0.2) is 13.2 Å². The molecule has 2 aliphatic rings. The molecule has 0 aliphatic heterocycles. The van der Waals surface area contributed by atoms with Crippen LogP contribution in [0.25, 0.3) is 10.8 Å². The van der Waals surface area contributed by atoms with Gasteiger partial charge in [0.15, 0.2) is 23.2 Å². The maximum Gasteiger partial charge on any atom is 0.175 e. The number of benzene rings is 2. The summed E-state index contributed by atoms with van der Waals surface area (Å²) in [7, 11) is 0. The molecular weight excluding hydrogens is 433 g/mol. The molecule has 2 aromatic rings. The van der Waals surface area contributed by atoms with Gasteiger partial charge in [-0.1, -0.05) is 58.4 Å². The SMILES string of the molecule is CCCOc1ccc2cc(CCC3CCC(C4CCC(CCC)CC4)CC3)c(F)c(F)c2c1F. The molecular formula is C30H41F3O. The van der Waals surface area contributed by atoms with Crippen molar-refractivity contribution in [3.8, 4) is 5.75 Å². The third-order valence-corrected chi connectivity index (χ3v) is 8.59. The topological polar surface area (TPSA) is 9.23 Å². The van der Waals surface area contributed by atoms with Crippen LogP contribution in [0.15, 0.2) is 18.2 Å². The fourth-order valence-electron chi connectivity index (χ4n) is 6.59. The summed E-state index contributed by atoms with van der Waals surface area (Å²) in [6, 6.07) is 4.78. The number of fused-ring (bicyclic) bond motifs is 1. The Morgan fingerprint density at radius 3 is 1.94 bits per heavy atom. The summed E-state index contributed by atoms with van der Waals surface area (Å²) in [6.07, 6.45) is 15.4. The van der Waals surface area contributed by atoms with Gasteiger partial charge in [-0.2, -0.15) is 0 Å². The number of hydrogen-bond acceptors (Lipinski definition) is 1. The highest BCUT2D eigenvalue weighted by atomic mass is 19.2. The van der Waals surface area contributed by atoms with Crippen LogP contribution in [0.1, 0.15) is 96.5 Å². The predicted octanol–water partition coefficient (Wildman–Crippen LogP) is 9.39. The minimum atomic E-state index is -1.09. The Morgan fingerprint density at radius 1 is 0.735 bits per heavy atom. The van der Waals surface area contributed by atoms with Crippen molar-refractivity contribution in [1.82, 2.24) is 0 Å². The second-order valence-corrected chi connectivity index (χ2v) is 10.9. The minimum absolute atomic E-state index is 0.0176. The van der Waals surface area contributed by atoms with Crippen LogP contribution < -0.4 is 4.74 Å². The van der Waals surface area contributed by atoms with Crippen LogP contribution in [0.5, 0.6) is 5.75 Å². The van der Waals surface area contributed by atoms with Crippen molar-refractivity contribution in [3.05, 3.63) is 41.2 Å². The number of rotatable bonds is 9. The maximum absolute atomic E-state index is 14.9. The molecule has 34 heavy (non-hydrogen) atoms. The summed E-state index contributed by atoms with van der Waals surface area (Å²) in [5.74, 6) is 0.479. The van der Waals surface area contributed by atoms with Gasteiger partial charge in [-0.3, -0.25) is 0 Å². The first-order valence-electron chi connectivity index (χ1n) is 13.7. The van der Waals surface area contributed by atoms with Crippen molar-refractivity contribution in [3.63, 3.8) is 0 Å². The number of hydrogen-bond donors (Lipinski definition) is 0. The molecule has 2 fully saturated rings. The molecule has 2 aliphatic carbocycles. The van der Waals surface area contributed by atoms with Crippen molar-refractivity contribution in [1.29, 1.82) is 0 Å². The highest BCUT2D eigenvalue weighted by Gasteiger charge is 2.31. The summed E-state index contributed by atoms with van der Waals surface area (Å²) < 4.78 is 49.8. The summed E-state index contributed by atoms with van der Waals surface area (Å²) in [5.41, 5.74) is 0.364. The van der Waals surface area contributed by atoms with E-state index in [9.17, 15) is 13.2 Å². The molecule has 0 N–H and O–H groups in total. The normalized spacial score (nSPS) is 25.6. The van der Waals surface area contributed by atoms with E-state index in [0.29, 0.717) is 29.9 Å². The Hall–Kier alpha value is -1.71. The van der Waals surface area contributed by atoms with Crippen molar-refractivity contribution in [2.75, 3.05) is 6.61 Å². The third kappa shape index (κ3) is 5.74. The van der Waals surface area contributed by atoms with Gasteiger partial charge in [0.05, 0.1) is 12.0 Å². The molecule has 0 aromatic heterocycles. The molecule has 188 valence electrons. The van der Waals surface area contributed by atoms with Crippen LogP contribution in [0.3, 0.4) is 0 Å². The van der Waals surface area contributed by atoms with E-state index in [0.717, 1.165) is 30.6 Å². The number of ether oxygens (including phenoxy) is 1. The van der Waals surface area contributed by atoms with Crippen molar-refractivity contribution in [2.24, 2.45) is 23.7 Å². The van der Waals surface area contributed by atoms with Gasteiger partial charge < -0.3 is 4.74 Å². The predicted molar refractivity (Wildman–Crippen MR) is 134 cm³/mol. The van der Waals surface area contributed by atoms with Crippen molar-refractivity contribution >= 4 is 10.8 Å². The average Bonchev–Trinajstić information content (AvgIpc) is 2.86. The molecule has 2 saturated carbocycles. The summed E-state index contributed by atoms with van der Waals surface area (Å²) in [4.78, 5) is 0. The van der Waals surface area contributed by atoms with Crippen LogP contribution >= 0.6 is 0 Å². The van der Waals surface area contributed by atoms with Crippen molar-refractivity contribution < 1.29 is 17.9 Å². The molecule has 0 amide bonds. The van der Waals surface area contributed by atoms with E-state index in [2.05, 4.69) is 6.92 Å². The lowest BCUT2D eigenvalue weighted by Gasteiger charge is -2.38. The molecule has 0 atom stereocenters. The van der Waals surface area contributed by atoms with Crippen molar-refractivity contribution in [2.45, 2.75) is 97.3 Å². The van der Waals surface area contributed by atoms with Crippen LogP contribution in [0, 0.1) is 41.1 Å². The highest BCUT2D eigenvalue weighted by molar-refractivity contribution is 5.86. The zero-order valence-electron chi connectivity index (χ0n) is 21.0. The fraction of sp³-hybridized carbons (Fsp3) is 0.667. The van der Waals surface area contributed by atoms with E-state index in [-0.39, 0.29) is 11.1 Å². The molecule has 2 aromatic carbocycles. The fourth-order valence-corrected chi connectivity index (χ4v) is 6.59. The lowest BCUT2D eigenvalue weighted by Crippen LogP contribution is -2.26. The standard InChI is InChI=1S/C30H41F3O/c1-3-5-20-6-11-22(12-7-20)23-13-8-21(9-14-23)10-15-25-19-24-16-17-26(34-18-4-2)29(32)27(24)30(33)28(25)31/h16-17,19-23H,3-15,18H2,1-2H3. The first-order chi connectivity index (χ1) is 16.5. The monoisotopic (exact) mass is 474 g/mol.